The Bertz CT molecular complexity index is 677. The van der Waals surface area contributed by atoms with Crippen molar-refractivity contribution in [2.45, 2.75) is 6.54 Å². The Labute approximate surface area is 126 Å². The molecular weight excluding hydrogens is 295 g/mol. The van der Waals surface area contributed by atoms with E-state index in [0.717, 1.165) is 6.07 Å². The van der Waals surface area contributed by atoms with E-state index in [-0.39, 0.29) is 12.1 Å². The van der Waals surface area contributed by atoms with Gasteiger partial charge in [-0.1, -0.05) is 11.6 Å². The third kappa shape index (κ3) is 3.64. The fraction of sp³-hybridized carbons (Fsp3) is 0.133. The lowest BCUT2D eigenvalue weighted by Gasteiger charge is -2.11. The standard InChI is InChI=1S/C15H14ClFN2O2/c1-21-14-5-3-11(18)6-9(14)8-19-15(20)12-7-10(16)2-4-13(12)17/h2-7H,8,18H2,1H3,(H,19,20). The highest BCUT2D eigenvalue weighted by Crippen LogP contribution is 2.21. The van der Waals surface area contributed by atoms with Crippen LogP contribution in [0.5, 0.6) is 5.75 Å². The molecule has 0 aromatic heterocycles. The largest absolute Gasteiger partial charge is 0.496 e. The number of anilines is 1. The van der Waals surface area contributed by atoms with Crippen LogP contribution in [0.1, 0.15) is 15.9 Å². The lowest BCUT2D eigenvalue weighted by Crippen LogP contribution is -2.24. The molecule has 0 aliphatic rings. The van der Waals surface area contributed by atoms with Crippen molar-refractivity contribution in [3.05, 3.63) is 58.4 Å². The first-order valence-corrected chi connectivity index (χ1v) is 6.54. The van der Waals surface area contributed by atoms with Crippen molar-refractivity contribution in [3.8, 4) is 5.75 Å². The lowest BCUT2D eigenvalue weighted by molar-refractivity contribution is 0.0946. The van der Waals surface area contributed by atoms with Crippen LogP contribution in [0.3, 0.4) is 0 Å². The number of hydrogen-bond acceptors (Lipinski definition) is 3. The van der Waals surface area contributed by atoms with E-state index in [0.29, 0.717) is 22.0 Å². The van der Waals surface area contributed by atoms with Crippen molar-refractivity contribution in [2.75, 3.05) is 12.8 Å². The van der Waals surface area contributed by atoms with Crippen LogP contribution in [0, 0.1) is 5.82 Å². The molecule has 1 amide bonds. The van der Waals surface area contributed by atoms with Crippen molar-refractivity contribution in [1.29, 1.82) is 0 Å². The number of methoxy groups -OCH3 is 1. The van der Waals surface area contributed by atoms with Gasteiger partial charge in [-0.15, -0.1) is 0 Å². The Balaban J connectivity index is 2.14. The van der Waals surface area contributed by atoms with Crippen LogP contribution < -0.4 is 15.8 Å². The number of benzene rings is 2. The summed E-state index contributed by atoms with van der Waals surface area (Å²) in [5, 5.41) is 2.91. The van der Waals surface area contributed by atoms with Crippen LogP contribution >= 0.6 is 11.6 Å². The maximum Gasteiger partial charge on any atom is 0.254 e. The number of nitrogen functional groups attached to an aromatic ring is 1. The maximum atomic E-state index is 13.6. The predicted molar refractivity (Wildman–Crippen MR) is 80.0 cm³/mol. The number of hydrogen-bond donors (Lipinski definition) is 2. The molecule has 0 fully saturated rings. The Morgan fingerprint density at radius 3 is 2.81 bits per heavy atom. The second kappa shape index (κ2) is 6.45. The van der Waals surface area contributed by atoms with Gasteiger partial charge >= 0.3 is 0 Å². The van der Waals surface area contributed by atoms with Crippen molar-refractivity contribution in [2.24, 2.45) is 0 Å². The molecule has 0 spiro atoms. The summed E-state index contributed by atoms with van der Waals surface area (Å²) < 4.78 is 18.8. The topological polar surface area (TPSA) is 64.3 Å². The zero-order valence-corrected chi connectivity index (χ0v) is 12.1. The van der Waals surface area contributed by atoms with Gasteiger partial charge in [-0.25, -0.2) is 4.39 Å². The molecule has 0 bridgehead atoms. The Morgan fingerprint density at radius 2 is 2.10 bits per heavy atom. The fourth-order valence-corrected chi connectivity index (χ4v) is 2.05. The molecule has 0 aliphatic heterocycles. The second-order valence-corrected chi connectivity index (χ2v) is 4.81. The molecule has 3 N–H and O–H groups in total. The Hall–Kier alpha value is -2.27. The van der Waals surface area contributed by atoms with Crippen molar-refractivity contribution in [3.63, 3.8) is 0 Å². The molecule has 2 aromatic carbocycles. The predicted octanol–water partition coefficient (Wildman–Crippen LogP) is 3.00. The Morgan fingerprint density at radius 1 is 1.33 bits per heavy atom. The van der Waals surface area contributed by atoms with Crippen LogP contribution in [-0.4, -0.2) is 13.0 Å². The number of nitrogens with one attached hydrogen (secondary N) is 1. The average molecular weight is 309 g/mol. The molecular formula is C15H14ClFN2O2. The third-order valence-corrected chi connectivity index (χ3v) is 3.15. The molecule has 21 heavy (non-hydrogen) atoms. The number of ether oxygens (including phenoxy) is 1. The normalized spacial score (nSPS) is 10.2. The summed E-state index contributed by atoms with van der Waals surface area (Å²) in [5.74, 6) is -0.591. The van der Waals surface area contributed by atoms with Gasteiger partial charge in [-0.2, -0.15) is 0 Å². The van der Waals surface area contributed by atoms with Gasteiger partial charge in [0.05, 0.1) is 12.7 Å². The smallest absolute Gasteiger partial charge is 0.254 e. The van der Waals surface area contributed by atoms with Crippen LogP contribution in [0.4, 0.5) is 10.1 Å². The summed E-state index contributed by atoms with van der Waals surface area (Å²) in [7, 11) is 1.52. The first kappa shape index (κ1) is 15.1. The molecule has 0 unspecified atom stereocenters. The van der Waals surface area contributed by atoms with Gasteiger partial charge < -0.3 is 15.8 Å². The molecule has 0 aliphatic carbocycles. The molecule has 0 radical (unpaired) electrons. The quantitative estimate of drug-likeness (QED) is 0.853. The molecule has 0 saturated carbocycles. The minimum atomic E-state index is -0.628. The van der Waals surface area contributed by atoms with Crippen LogP contribution in [0.25, 0.3) is 0 Å². The van der Waals surface area contributed by atoms with Gasteiger partial charge in [0.1, 0.15) is 11.6 Å². The van der Waals surface area contributed by atoms with Crippen LogP contribution in [-0.2, 0) is 6.54 Å². The summed E-state index contributed by atoms with van der Waals surface area (Å²) in [6.07, 6.45) is 0. The number of rotatable bonds is 4. The number of amides is 1. The Kier molecular flexibility index (Phi) is 4.65. The summed E-state index contributed by atoms with van der Waals surface area (Å²) in [6.45, 7) is 0.166. The van der Waals surface area contributed by atoms with Crippen LogP contribution in [0.15, 0.2) is 36.4 Å². The monoisotopic (exact) mass is 308 g/mol. The van der Waals surface area contributed by atoms with E-state index in [1.54, 1.807) is 18.2 Å². The highest BCUT2D eigenvalue weighted by Gasteiger charge is 2.13. The van der Waals surface area contributed by atoms with E-state index < -0.39 is 11.7 Å². The van der Waals surface area contributed by atoms with E-state index in [2.05, 4.69) is 5.32 Å². The number of carbonyl (C=O) groups excluding carboxylic acids is 1. The number of carbonyl (C=O) groups is 1. The zero-order chi connectivity index (χ0) is 15.4. The summed E-state index contributed by atoms with van der Waals surface area (Å²) >= 11 is 5.76. The van der Waals surface area contributed by atoms with Gasteiger partial charge in [0.25, 0.3) is 5.91 Å². The van der Waals surface area contributed by atoms with Gasteiger partial charge in [0, 0.05) is 22.8 Å². The second-order valence-electron chi connectivity index (χ2n) is 4.38. The minimum Gasteiger partial charge on any atom is -0.496 e. The van der Waals surface area contributed by atoms with E-state index in [1.807, 2.05) is 0 Å². The molecule has 110 valence electrons. The van der Waals surface area contributed by atoms with Gasteiger partial charge in [0.15, 0.2) is 0 Å². The number of nitrogens with two attached hydrogens (primary N) is 1. The first-order valence-electron chi connectivity index (χ1n) is 6.17. The van der Waals surface area contributed by atoms with Crippen molar-refractivity contribution < 1.29 is 13.9 Å². The summed E-state index contributed by atoms with van der Waals surface area (Å²) in [6, 6.07) is 8.90. The van der Waals surface area contributed by atoms with E-state index in [4.69, 9.17) is 22.1 Å². The molecule has 0 heterocycles. The lowest BCUT2D eigenvalue weighted by atomic mass is 10.1. The third-order valence-electron chi connectivity index (χ3n) is 2.92. The van der Waals surface area contributed by atoms with E-state index in [1.165, 1.54) is 19.2 Å². The molecule has 0 atom stereocenters. The number of halogens is 2. The van der Waals surface area contributed by atoms with E-state index in [9.17, 15) is 9.18 Å². The van der Waals surface area contributed by atoms with Gasteiger partial charge in [-0.05, 0) is 36.4 Å². The SMILES string of the molecule is COc1ccc(N)cc1CNC(=O)c1cc(Cl)ccc1F. The molecule has 0 saturated heterocycles. The summed E-state index contributed by atoms with van der Waals surface area (Å²) in [5.41, 5.74) is 6.84. The highest BCUT2D eigenvalue weighted by atomic mass is 35.5. The van der Waals surface area contributed by atoms with Crippen LogP contribution in [0.2, 0.25) is 5.02 Å². The van der Waals surface area contributed by atoms with Crippen molar-refractivity contribution >= 4 is 23.2 Å². The first-order chi connectivity index (χ1) is 10.0. The minimum absolute atomic E-state index is 0.106. The zero-order valence-electron chi connectivity index (χ0n) is 11.3. The molecule has 2 rings (SSSR count). The molecule has 6 heteroatoms. The average Bonchev–Trinajstić information content (AvgIpc) is 2.47. The van der Waals surface area contributed by atoms with Crippen molar-refractivity contribution in [1.82, 2.24) is 5.32 Å². The molecule has 2 aromatic rings. The highest BCUT2D eigenvalue weighted by molar-refractivity contribution is 6.31. The maximum absolute atomic E-state index is 13.6. The summed E-state index contributed by atoms with van der Waals surface area (Å²) in [4.78, 5) is 12.0. The fourth-order valence-electron chi connectivity index (χ4n) is 1.88. The van der Waals surface area contributed by atoms with Gasteiger partial charge in [-0.3, -0.25) is 4.79 Å². The van der Waals surface area contributed by atoms with Gasteiger partial charge in [0.2, 0.25) is 0 Å². The molecule has 4 nitrogen and oxygen atoms in total. The van der Waals surface area contributed by atoms with E-state index >= 15 is 0 Å².